The zero-order valence-corrected chi connectivity index (χ0v) is 10.4. The molecule has 0 unspecified atom stereocenters. The van der Waals surface area contributed by atoms with Crippen LogP contribution in [0.2, 0.25) is 0 Å². The Bertz CT molecular complexity index is 466. The summed E-state index contributed by atoms with van der Waals surface area (Å²) in [5.74, 6) is 0.617. The van der Waals surface area contributed by atoms with E-state index in [1.807, 2.05) is 35.7 Å². The zero-order chi connectivity index (χ0) is 12.1. The summed E-state index contributed by atoms with van der Waals surface area (Å²) in [6, 6.07) is 9.59. The van der Waals surface area contributed by atoms with Gasteiger partial charge in [-0.3, -0.25) is 0 Å². The molecule has 3 nitrogen and oxygen atoms in total. The normalized spacial score (nSPS) is 17.1. The second-order valence-electron chi connectivity index (χ2n) is 3.59. The van der Waals surface area contributed by atoms with Gasteiger partial charge in [-0.1, -0.05) is 42.4 Å². The summed E-state index contributed by atoms with van der Waals surface area (Å²) in [6.07, 6.45) is 1.07. The average molecular weight is 247 g/mol. The molecule has 0 fully saturated rings. The fraction of sp³-hybridized carbons (Fsp3) is 0.231. The number of thioether (sulfide) groups is 1. The lowest BCUT2D eigenvalue weighted by Crippen LogP contribution is -2.06. The quantitative estimate of drug-likeness (QED) is 0.466. The van der Waals surface area contributed by atoms with Crippen molar-refractivity contribution in [3.63, 3.8) is 0 Å². The van der Waals surface area contributed by atoms with Crippen LogP contribution in [0.15, 0.2) is 46.5 Å². The maximum Gasteiger partial charge on any atom is 0.368 e. The molecular formula is C13H13NO2S. The van der Waals surface area contributed by atoms with E-state index in [0.717, 1.165) is 17.7 Å². The second-order valence-corrected chi connectivity index (χ2v) is 4.56. The van der Waals surface area contributed by atoms with Crippen LogP contribution in [0.1, 0.15) is 18.9 Å². The topological polar surface area (TPSA) is 38.7 Å². The van der Waals surface area contributed by atoms with E-state index in [4.69, 9.17) is 4.84 Å². The molecule has 0 atom stereocenters. The number of carbonyl (C=O) groups is 1. The van der Waals surface area contributed by atoms with Gasteiger partial charge in [0.1, 0.15) is 5.71 Å². The van der Waals surface area contributed by atoms with Gasteiger partial charge in [-0.15, -0.1) is 11.8 Å². The van der Waals surface area contributed by atoms with E-state index in [1.54, 1.807) is 11.8 Å². The lowest BCUT2D eigenvalue weighted by molar-refractivity contribution is -0.136. The highest BCUT2D eigenvalue weighted by molar-refractivity contribution is 8.02. The van der Waals surface area contributed by atoms with Crippen LogP contribution >= 0.6 is 11.8 Å². The van der Waals surface area contributed by atoms with Gasteiger partial charge in [0, 0.05) is 5.56 Å². The molecule has 1 aliphatic heterocycles. The van der Waals surface area contributed by atoms with Crippen molar-refractivity contribution >= 4 is 23.4 Å². The minimum absolute atomic E-state index is 0.368. The van der Waals surface area contributed by atoms with Crippen LogP contribution < -0.4 is 0 Å². The first-order valence-corrected chi connectivity index (χ1v) is 6.54. The Morgan fingerprint density at radius 1 is 1.35 bits per heavy atom. The lowest BCUT2D eigenvalue weighted by atomic mass is 10.1. The molecule has 0 saturated carbocycles. The summed E-state index contributed by atoms with van der Waals surface area (Å²) < 4.78 is 0. The van der Waals surface area contributed by atoms with Crippen molar-refractivity contribution in [1.82, 2.24) is 0 Å². The van der Waals surface area contributed by atoms with Crippen LogP contribution in [0.25, 0.3) is 0 Å². The third-order valence-electron chi connectivity index (χ3n) is 2.27. The highest BCUT2D eigenvalue weighted by atomic mass is 32.2. The van der Waals surface area contributed by atoms with Crippen molar-refractivity contribution in [1.29, 1.82) is 0 Å². The summed E-state index contributed by atoms with van der Waals surface area (Å²) in [4.78, 5) is 16.3. The number of oxime groups is 1. The SMILES string of the molecule is CCCSC=C1C(=O)ON=C1c1ccccc1. The molecule has 0 bridgehead atoms. The number of benzene rings is 1. The monoisotopic (exact) mass is 247 g/mol. The summed E-state index contributed by atoms with van der Waals surface area (Å²) in [5.41, 5.74) is 2.08. The summed E-state index contributed by atoms with van der Waals surface area (Å²) in [5, 5.41) is 5.67. The van der Waals surface area contributed by atoms with Crippen LogP contribution in [0.5, 0.6) is 0 Å². The number of carbonyl (C=O) groups excluding carboxylic acids is 1. The standard InChI is InChI=1S/C13H13NO2S/c1-2-8-17-9-11-12(14-16-13(11)15)10-6-4-3-5-7-10/h3-7,9H,2,8H2,1H3. The van der Waals surface area contributed by atoms with E-state index >= 15 is 0 Å². The van der Waals surface area contributed by atoms with Crippen LogP contribution in [-0.2, 0) is 9.63 Å². The molecule has 0 amide bonds. The van der Waals surface area contributed by atoms with Gasteiger partial charge in [0.05, 0.1) is 5.57 Å². The number of rotatable bonds is 4. The van der Waals surface area contributed by atoms with Crippen molar-refractivity contribution in [2.45, 2.75) is 13.3 Å². The van der Waals surface area contributed by atoms with Crippen molar-refractivity contribution in [2.24, 2.45) is 5.16 Å². The first kappa shape index (κ1) is 11.9. The summed E-state index contributed by atoms with van der Waals surface area (Å²) >= 11 is 1.61. The smallest absolute Gasteiger partial charge is 0.312 e. The van der Waals surface area contributed by atoms with Gasteiger partial charge in [-0.2, -0.15) is 0 Å². The summed E-state index contributed by atoms with van der Waals surface area (Å²) in [6.45, 7) is 2.10. The molecule has 1 aliphatic rings. The van der Waals surface area contributed by atoms with Crippen molar-refractivity contribution in [3.05, 3.63) is 46.9 Å². The maximum atomic E-state index is 11.5. The molecular weight excluding hydrogens is 234 g/mol. The maximum absolute atomic E-state index is 11.5. The predicted octanol–water partition coefficient (Wildman–Crippen LogP) is 2.97. The Kier molecular flexibility index (Phi) is 3.98. The average Bonchev–Trinajstić information content (AvgIpc) is 2.73. The first-order chi connectivity index (χ1) is 8.33. The number of hydrogen-bond acceptors (Lipinski definition) is 4. The molecule has 0 spiro atoms. The Hall–Kier alpha value is -1.55. The molecule has 0 saturated heterocycles. The van der Waals surface area contributed by atoms with E-state index in [1.165, 1.54) is 0 Å². The largest absolute Gasteiger partial charge is 0.368 e. The van der Waals surface area contributed by atoms with Gasteiger partial charge in [0.15, 0.2) is 0 Å². The van der Waals surface area contributed by atoms with Gasteiger partial charge >= 0.3 is 5.97 Å². The van der Waals surface area contributed by atoms with E-state index in [0.29, 0.717) is 11.3 Å². The molecule has 1 heterocycles. The fourth-order valence-electron chi connectivity index (χ4n) is 1.45. The zero-order valence-electron chi connectivity index (χ0n) is 9.55. The van der Waals surface area contributed by atoms with Crippen molar-refractivity contribution in [2.75, 3.05) is 5.75 Å². The molecule has 88 valence electrons. The minimum Gasteiger partial charge on any atom is -0.312 e. The molecule has 1 aromatic rings. The van der Waals surface area contributed by atoms with Crippen LogP contribution in [0.4, 0.5) is 0 Å². The van der Waals surface area contributed by atoms with Gasteiger partial charge in [0.25, 0.3) is 0 Å². The van der Waals surface area contributed by atoms with Crippen LogP contribution in [-0.4, -0.2) is 17.4 Å². The number of hydrogen-bond donors (Lipinski definition) is 0. The van der Waals surface area contributed by atoms with Crippen LogP contribution in [0.3, 0.4) is 0 Å². The third-order valence-corrected chi connectivity index (χ3v) is 3.31. The Balaban J connectivity index is 2.22. The molecule has 0 N–H and O–H groups in total. The van der Waals surface area contributed by atoms with E-state index in [2.05, 4.69) is 12.1 Å². The number of nitrogens with zero attached hydrogens (tertiary/aromatic N) is 1. The van der Waals surface area contributed by atoms with Gasteiger partial charge < -0.3 is 4.84 Å². The summed E-state index contributed by atoms with van der Waals surface area (Å²) in [7, 11) is 0. The fourth-order valence-corrected chi connectivity index (χ4v) is 2.18. The van der Waals surface area contributed by atoms with Gasteiger partial charge in [0.2, 0.25) is 0 Å². The predicted molar refractivity (Wildman–Crippen MR) is 69.9 cm³/mol. The molecule has 0 aliphatic carbocycles. The highest BCUT2D eigenvalue weighted by Gasteiger charge is 2.26. The van der Waals surface area contributed by atoms with E-state index in [9.17, 15) is 4.79 Å². The molecule has 4 heteroatoms. The van der Waals surface area contributed by atoms with Crippen molar-refractivity contribution in [3.8, 4) is 0 Å². The molecule has 0 aromatic heterocycles. The Morgan fingerprint density at radius 2 is 2.12 bits per heavy atom. The molecule has 0 radical (unpaired) electrons. The van der Waals surface area contributed by atoms with Gasteiger partial charge in [-0.25, -0.2) is 4.79 Å². The van der Waals surface area contributed by atoms with E-state index < -0.39 is 0 Å². The first-order valence-electron chi connectivity index (χ1n) is 5.50. The lowest BCUT2D eigenvalue weighted by Gasteiger charge is -1.99. The minimum atomic E-state index is -0.368. The van der Waals surface area contributed by atoms with Crippen LogP contribution in [0, 0.1) is 0 Å². The van der Waals surface area contributed by atoms with E-state index in [-0.39, 0.29) is 5.97 Å². The van der Waals surface area contributed by atoms with Crippen molar-refractivity contribution < 1.29 is 9.63 Å². The highest BCUT2D eigenvalue weighted by Crippen LogP contribution is 2.21. The Morgan fingerprint density at radius 3 is 2.82 bits per heavy atom. The molecule has 17 heavy (non-hydrogen) atoms. The molecule has 2 rings (SSSR count). The second kappa shape index (κ2) is 5.68. The van der Waals surface area contributed by atoms with Gasteiger partial charge in [-0.05, 0) is 17.6 Å². The third kappa shape index (κ3) is 2.77. The Labute approximate surface area is 105 Å². The molecule has 1 aromatic carbocycles.